The number of methoxy groups -OCH3 is 1. The molecule has 69 heavy (non-hydrogen) atoms. The minimum Gasteiger partial charge on any atom is -0.465 e. The molecule has 10 atom stereocenters. The number of aliphatic hydroxyl groups is 1. The van der Waals surface area contributed by atoms with Gasteiger partial charge in [-0.1, -0.05) is 133 Å². The predicted octanol–water partition coefficient (Wildman–Crippen LogP) is 8.29. The minimum absolute atomic E-state index is 0.132. The van der Waals surface area contributed by atoms with Gasteiger partial charge in [0.25, 0.3) is 14.1 Å². The summed E-state index contributed by atoms with van der Waals surface area (Å²) in [4.78, 5) is 17.0. The Balaban J connectivity index is 1.45. The number of ether oxygens (including phenoxy) is 10. The van der Waals surface area contributed by atoms with Gasteiger partial charge >= 0.3 is 5.97 Å². The Morgan fingerprint density at radius 1 is 0.768 bits per heavy atom. The van der Waals surface area contributed by atoms with Crippen molar-refractivity contribution in [2.24, 2.45) is 5.11 Å². The van der Waals surface area contributed by atoms with Crippen LogP contribution < -0.4 is 10.4 Å². The molecule has 17 heteroatoms. The predicted molar refractivity (Wildman–Crippen MR) is 265 cm³/mol. The molecule has 3 saturated heterocycles. The highest BCUT2D eigenvalue weighted by Gasteiger charge is 2.58. The number of carbonyl (C=O) groups is 1. The summed E-state index contributed by atoms with van der Waals surface area (Å²) >= 11 is 0. The highest BCUT2D eigenvalue weighted by Crippen LogP contribution is 2.42. The fourth-order valence-corrected chi connectivity index (χ4v) is 14.2. The second kappa shape index (κ2) is 27.7. The number of hydrogen-bond donors (Lipinski definition) is 1. The van der Waals surface area contributed by atoms with Crippen molar-refractivity contribution in [3.05, 3.63) is 71.1 Å². The zero-order valence-electron chi connectivity index (χ0n) is 42.9. The summed E-state index contributed by atoms with van der Waals surface area (Å²) in [7, 11) is -1.74. The van der Waals surface area contributed by atoms with E-state index in [-0.39, 0.29) is 31.1 Å². The zero-order valence-corrected chi connectivity index (χ0v) is 43.9. The number of nitrogens with zero attached hydrogens (tertiary/aromatic N) is 3. The Morgan fingerprint density at radius 2 is 1.35 bits per heavy atom. The molecule has 3 fully saturated rings. The maximum absolute atomic E-state index is 14.2. The first kappa shape index (κ1) is 56.9. The van der Waals surface area contributed by atoms with Crippen LogP contribution >= 0.6 is 0 Å². The van der Waals surface area contributed by atoms with Gasteiger partial charge in [0, 0.05) is 50.7 Å². The normalized spacial score (nSPS) is 28.3. The van der Waals surface area contributed by atoms with Crippen molar-refractivity contribution in [1.82, 2.24) is 0 Å². The quantitative estimate of drug-likeness (QED) is 0.0205. The average Bonchev–Trinajstić information content (AvgIpc) is 3.65. The molecule has 0 bridgehead atoms. The largest absolute Gasteiger partial charge is 0.465 e. The van der Waals surface area contributed by atoms with E-state index in [0.717, 1.165) is 61.7 Å². The van der Waals surface area contributed by atoms with E-state index < -0.39 is 81.0 Å². The van der Waals surface area contributed by atoms with Gasteiger partial charge in [-0.3, -0.25) is 0 Å². The molecule has 0 amide bonds. The Labute approximate surface area is 412 Å². The van der Waals surface area contributed by atoms with Gasteiger partial charge < -0.3 is 56.9 Å². The summed E-state index contributed by atoms with van der Waals surface area (Å²) in [6.45, 7) is 18.7. The van der Waals surface area contributed by atoms with Gasteiger partial charge in [0.15, 0.2) is 12.1 Å². The zero-order chi connectivity index (χ0) is 49.9. The van der Waals surface area contributed by atoms with E-state index in [1.54, 1.807) is 0 Å². The molecule has 3 aliphatic rings. The Bertz CT molecular complexity index is 1800. The molecule has 0 aromatic heterocycles. The Morgan fingerprint density at radius 3 is 1.91 bits per heavy atom. The number of carbonyl (C=O) groups excluding carboxylic acids is 1. The lowest BCUT2D eigenvalue weighted by Gasteiger charge is -2.47. The lowest BCUT2D eigenvalue weighted by Crippen LogP contribution is -2.67. The Hall–Kier alpha value is -3.00. The van der Waals surface area contributed by atoms with Gasteiger partial charge in [-0.05, 0) is 66.9 Å². The van der Waals surface area contributed by atoms with Gasteiger partial charge in [0.05, 0.1) is 32.5 Å². The van der Waals surface area contributed by atoms with E-state index in [0.29, 0.717) is 39.4 Å². The number of esters is 1. The summed E-state index contributed by atoms with van der Waals surface area (Å²) in [6.07, 6.45) is 0.392. The molecule has 3 unspecified atom stereocenters. The van der Waals surface area contributed by atoms with Crippen LogP contribution in [-0.4, -0.2) is 139 Å². The first-order valence-electron chi connectivity index (χ1n) is 25.5. The van der Waals surface area contributed by atoms with Crippen LogP contribution in [0.5, 0.6) is 0 Å². The number of hydrogen-bond acceptors (Lipinski definition) is 14. The number of rotatable bonds is 29. The summed E-state index contributed by atoms with van der Waals surface area (Å²) in [6, 6.07) is 20.8. The van der Waals surface area contributed by atoms with Gasteiger partial charge in [-0.2, -0.15) is 0 Å². The summed E-state index contributed by atoms with van der Waals surface area (Å²) < 4.78 is 72.7. The molecule has 2 aromatic rings. The molecule has 0 radical (unpaired) electrons. The van der Waals surface area contributed by atoms with E-state index in [1.165, 1.54) is 7.11 Å². The van der Waals surface area contributed by atoms with Crippen LogP contribution in [0.15, 0.2) is 65.8 Å². The van der Waals surface area contributed by atoms with Crippen LogP contribution in [0.3, 0.4) is 0 Å². The van der Waals surface area contributed by atoms with Crippen molar-refractivity contribution in [1.29, 1.82) is 0 Å². The monoisotopic (exact) mass is 986 g/mol. The van der Waals surface area contributed by atoms with E-state index in [1.807, 2.05) is 50.2 Å². The van der Waals surface area contributed by atoms with E-state index in [9.17, 15) is 9.90 Å². The van der Waals surface area contributed by atoms with Crippen LogP contribution in [0.1, 0.15) is 126 Å². The molecule has 388 valence electrons. The van der Waals surface area contributed by atoms with E-state index in [4.69, 9.17) is 57.3 Å². The highest BCUT2D eigenvalue weighted by atomic mass is 28.4. The molecule has 5 rings (SSSR count). The molecular formula is C52H83N3O13Si. The van der Waals surface area contributed by atoms with Crippen LogP contribution in [0.2, 0.25) is 5.04 Å². The molecule has 3 aliphatic heterocycles. The second-order valence-corrected chi connectivity index (χ2v) is 24.2. The van der Waals surface area contributed by atoms with Crippen molar-refractivity contribution in [3.63, 3.8) is 0 Å². The maximum atomic E-state index is 14.2. The van der Waals surface area contributed by atoms with Crippen molar-refractivity contribution >= 4 is 24.7 Å². The van der Waals surface area contributed by atoms with Crippen molar-refractivity contribution < 1.29 is 61.7 Å². The van der Waals surface area contributed by atoms with Crippen LogP contribution in [0, 0.1) is 0 Å². The standard InChI is InChI=1S/C52H83N3O13Si/c1-10-13-30-59-45-42(65-48(62-33-24-18-23-29-54-55-53)47(61-32-15-12-3)46(45)60-31-14-11-2)36-63-52(49(57)58-9)35-38(56)34-41(67-52)44-43(66-51(7,8)68-44)37-64-69(50(4,5)6,39-25-19-16-20-26-39)40-27-21-17-22-28-40/h16-17,19-22,25-28,38,41-48,56H,10-15,18,23-24,29-37H2,1-9H3/t38-,41?,42?,43+,44-,45-,46-,47?,48-,52+/m0/s1. The van der Waals surface area contributed by atoms with Crippen molar-refractivity contribution in [3.8, 4) is 0 Å². The third-order valence-electron chi connectivity index (χ3n) is 13.1. The van der Waals surface area contributed by atoms with E-state index >= 15 is 0 Å². The van der Waals surface area contributed by atoms with Crippen LogP contribution in [0.25, 0.3) is 10.4 Å². The third kappa shape index (κ3) is 15.3. The SMILES string of the molecule is CCCCOC1[C@@H](OCCCCCN=[N+]=[N-])OC(CO[C@]2(C(=O)OC)C[C@@H](O)CC([C@@H]3OC(C)(C)O[C@@H]3CO[Si](c3ccccc3)(c3ccccc3)C(C)(C)C)O2)[C@H](OCCCC)[C@@H]1OCCCC. The molecule has 0 aliphatic carbocycles. The second-order valence-electron chi connectivity index (χ2n) is 19.9. The van der Waals surface area contributed by atoms with Gasteiger partial charge in [0.1, 0.15) is 36.6 Å². The Kier molecular flexibility index (Phi) is 22.9. The lowest BCUT2D eigenvalue weighted by atomic mass is 9.93. The minimum atomic E-state index is -3.01. The van der Waals surface area contributed by atoms with Crippen LogP contribution in [-0.2, 0) is 56.6 Å². The van der Waals surface area contributed by atoms with Crippen molar-refractivity contribution in [2.45, 2.75) is 198 Å². The van der Waals surface area contributed by atoms with Crippen molar-refractivity contribution in [2.75, 3.05) is 53.3 Å². The summed E-state index contributed by atoms with van der Waals surface area (Å²) in [5, 5.41) is 17.3. The van der Waals surface area contributed by atoms with Gasteiger partial charge in [0.2, 0.25) is 0 Å². The third-order valence-corrected chi connectivity index (χ3v) is 18.1. The fourth-order valence-electron chi connectivity index (χ4n) is 9.65. The number of benzene rings is 2. The molecule has 1 N–H and O–H groups in total. The number of unbranched alkanes of at least 4 members (excludes halogenated alkanes) is 5. The first-order valence-corrected chi connectivity index (χ1v) is 27.4. The van der Waals surface area contributed by atoms with Crippen LogP contribution in [0.4, 0.5) is 0 Å². The van der Waals surface area contributed by atoms with E-state index in [2.05, 4.69) is 75.8 Å². The molecule has 2 aromatic carbocycles. The number of aliphatic hydroxyl groups excluding tert-OH is 1. The summed E-state index contributed by atoms with van der Waals surface area (Å²) in [5.74, 6) is -3.93. The molecular weight excluding hydrogens is 903 g/mol. The first-order chi connectivity index (χ1) is 33.2. The van der Waals surface area contributed by atoms with Gasteiger partial charge in [-0.25, -0.2) is 4.79 Å². The fraction of sp³-hybridized carbons (Fsp3) is 0.750. The lowest BCUT2D eigenvalue weighted by molar-refractivity contribution is -0.345. The maximum Gasteiger partial charge on any atom is 0.366 e. The average molecular weight is 986 g/mol. The molecule has 16 nitrogen and oxygen atoms in total. The molecule has 0 spiro atoms. The van der Waals surface area contributed by atoms with Gasteiger partial charge in [-0.15, -0.1) is 0 Å². The number of azide groups is 1. The topological polar surface area (TPSA) is 188 Å². The highest BCUT2D eigenvalue weighted by molar-refractivity contribution is 6.99. The molecule has 0 saturated carbocycles. The molecule has 3 heterocycles. The smallest absolute Gasteiger partial charge is 0.366 e. The summed E-state index contributed by atoms with van der Waals surface area (Å²) in [5.41, 5.74) is 8.71.